The van der Waals surface area contributed by atoms with E-state index < -0.39 is 0 Å². The molecule has 0 atom stereocenters. The first-order valence-electron chi connectivity index (χ1n) is 11.4. The normalized spacial score (nSPS) is 18.2. The van der Waals surface area contributed by atoms with Crippen LogP contribution in [0.1, 0.15) is 6.42 Å². The van der Waals surface area contributed by atoms with E-state index in [1.165, 1.54) is 6.07 Å². The summed E-state index contributed by atoms with van der Waals surface area (Å²) in [6.45, 7) is 9.19. The van der Waals surface area contributed by atoms with Crippen LogP contribution in [0.5, 0.6) is 0 Å². The van der Waals surface area contributed by atoms with Gasteiger partial charge in [-0.05, 0) is 31.2 Å². The molecule has 2 aliphatic heterocycles. The van der Waals surface area contributed by atoms with Gasteiger partial charge in [0.1, 0.15) is 5.82 Å². The predicted octanol–water partition coefficient (Wildman–Crippen LogP) is 1.53. The predicted molar refractivity (Wildman–Crippen MR) is 127 cm³/mol. The third kappa shape index (κ3) is 5.64. The molecule has 0 radical (unpaired) electrons. The minimum absolute atomic E-state index is 0.152. The van der Waals surface area contributed by atoms with Gasteiger partial charge in [0.2, 0.25) is 5.95 Å². The molecule has 0 saturated carbocycles. The Labute approximate surface area is 189 Å². The molecule has 2 fully saturated rings. The smallest absolute Gasteiger partial charge is 0.225 e. The Morgan fingerprint density at radius 1 is 0.938 bits per heavy atom. The molecule has 0 bridgehead atoms. The molecule has 0 aliphatic carbocycles. The summed E-state index contributed by atoms with van der Waals surface area (Å²) in [4.78, 5) is 22.3. The number of hydrogen-bond acceptors (Lipinski definition) is 6. The largest absolute Gasteiger partial charge is 0.366 e. The van der Waals surface area contributed by atoms with E-state index in [2.05, 4.69) is 39.9 Å². The fraction of sp³-hybridized carbons (Fsp3) is 0.522. The van der Waals surface area contributed by atoms with Gasteiger partial charge in [-0.15, -0.1) is 0 Å². The highest BCUT2D eigenvalue weighted by Gasteiger charge is 2.22. The SMILES string of the molecule is CN=C(NCCCN1CCN(c2ncccn2)CC1)N1CCN(c2ccccc2F)CC1. The zero-order valence-electron chi connectivity index (χ0n) is 18.8. The Morgan fingerprint density at radius 2 is 1.62 bits per heavy atom. The average Bonchev–Trinajstić information content (AvgIpc) is 2.86. The minimum Gasteiger partial charge on any atom is -0.366 e. The number of para-hydroxylation sites is 1. The lowest BCUT2D eigenvalue weighted by atomic mass is 10.2. The third-order valence-corrected chi connectivity index (χ3v) is 6.13. The monoisotopic (exact) mass is 440 g/mol. The summed E-state index contributed by atoms with van der Waals surface area (Å²) in [5.41, 5.74) is 0.689. The second-order valence-corrected chi connectivity index (χ2v) is 8.13. The Balaban J connectivity index is 1.14. The van der Waals surface area contributed by atoms with E-state index in [1.54, 1.807) is 18.5 Å². The topological polar surface area (TPSA) is 63.1 Å². The summed E-state index contributed by atoms with van der Waals surface area (Å²) >= 11 is 0. The number of halogens is 1. The van der Waals surface area contributed by atoms with Gasteiger partial charge in [0.05, 0.1) is 5.69 Å². The fourth-order valence-corrected chi connectivity index (χ4v) is 4.33. The number of nitrogens with one attached hydrogen (secondary N) is 1. The van der Waals surface area contributed by atoms with Crippen LogP contribution in [0.2, 0.25) is 0 Å². The number of piperazine rings is 2. The van der Waals surface area contributed by atoms with Gasteiger partial charge in [0, 0.05) is 78.3 Å². The summed E-state index contributed by atoms with van der Waals surface area (Å²) in [5.74, 6) is 1.61. The standard InChI is InChI=1S/C23H33FN8/c1-25-22(31-18-16-30(17-19-31)21-7-3-2-6-20(21)24)26-10-5-11-29-12-14-32(15-13-29)23-27-8-4-9-28-23/h2-4,6-9H,5,10-19H2,1H3,(H,25,26). The van der Waals surface area contributed by atoms with Crippen molar-refractivity contribution < 1.29 is 4.39 Å². The molecule has 2 saturated heterocycles. The number of aliphatic imine (C=N–C) groups is 1. The van der Waals surface area contributed by atoms with Crippen LogP contribution >= 0.6 is 0 Å². The van der Waals surface area contributed by atoms with Crippen molar-refractivity contribution >= 4 is 17.6 Å². The van der Waals surface area contributed by atoms with Gasteiger partial charge in [-0.2, -0.15) is 0 Å². The molecule has 0 amide bonds. The molecule has 172 valence electrons. The van der Waals surface area contributed by atoms with Gasteiger partial charge in [0.25, 0.3) is 0 Å². The molecule has 4 rings (SSSR count). The highest BCUT2D eigenvalue weighted by molar-refractivity contribution is 5.80. The Kier molecular flexibility index (Phi) is 7.71. The molecule has 32 heavy (non-hydrogen) atoms. The van der Waals surface area contributed by atoms with E-state index in [9.17, 15) is 4.39 Å². The maximum absolute atomic E-state index is 14.1. The number of guanidine groups is 1. The van der Waals surface area contributed by atoms with E-state index >= 15 is 0 Å². The van der Waals surface area contributed by atoms with Gasteiger partial charge in [-0.1, -0.05) is 12.1 Å². The van der Waals surface area contributed by atoms with Crippen LogP contribution in [-0.2, 0) is 0 Å². The van der Waals surface area contributed by atoms with Crippen molar-refractivity contribution in [2.75, 3.05) is 82.3 Å². The second kappa shape index (κ2) is 11.1. The zero-order chi connectivity index (χ0) is 22.2. The molecule has 2 aromatic rings. The highest BCUT2D eigenvalue weighted by Crippen LogP contribution is 2.20. The van der Waals surface area contributed by atoms with E-state index in [0.29, 0.717) is 5.69 Å². The summed E-state index contributed by atoms with van der Waals surface area (Å²) in [7, 11) is 1.83. The van der Waals surface area contributed by atoms with Gasteiger partial charge >= 0.3 is 0 Å². The number of rotatable bonds is 6. The maximum Gasteiger partial charge on any atom is 0.225 e. The lowest BCUT2D eigenvalue weighted by Gasteiger charge is -2.38. The van der Waals surface area contributed by atoms with Crippen LogP contribution in [-0.4, -0.2) is 98.2 Å². The van der Waals surface area contributed by atoms with E-state index in [-0.39, 0.29) is 5.82 Å². The molecular formula is C23H33FN8. The first-order chi connectivity index (χ1) is 15.7. The Bertz CT molecular complexity index is 861. The van der Waals surface area contributed by atoms with Gasteiger partial charge in [-0.3, -0.25) is 9.89 Å². The van der Waals surface area contributed by atoms with Crippen molar-refractivity contribution in [2.45, 2.75) is 6.42 Å². The molecular weight excluding hydrogens is 407 g/mol. The molecule has 3 heterocycles. The van der Waals surface area contributed by atoms with Crippen molar-refractivity contribution in [2.24, 2.45) is 4.99 Å². The number of benzene rings is 1. The van der Waals surface area contributed by atoms with Gasteiger partial charge in [0.15, 0.2) is 5.96 Å². The van der Waals surface area contributed by atoms with Gasteiger partial charge < -0.3 is 20.0 Å². The summed E-state index contributed by atoms with van der Waals surface area (Å²) < 4.78 is 14.1. The number of hydrogen-bond donors (Lipinski definition) is 1. The van der Waals surface area contributed by atoms with Crippen LogP contribution in [0.4, 0.5) is 16.0 Å². The van der Waals surface area contributed by atoms with Crippen LogP contribution in [0.15, 0.2) is 47.7 Å². The number of anilines is 2. The molecule has 2 aliphatic rings. The number of nitrogens with zero attached hydrogens (tertiary/aromatic N) is 7. The van der Waals surface area contributed by atoms with Crippen LogP contribution in [0, 0.1) is 5.82 Å². The lowest BCUT2D eigenvalue weighted by Crippen LogP contribution is -2.53. The first-order valence-corrected chi connectivity index (χ1v) is 11.4. The molecule has 9 heteroatoms. The molecule has 1 aromatic heterocycles. The van der Waals surface area contributed by atoms with E-state index in [0.717, 1.165) is 83.8 Å². The van der Waals surface area contributed by atoms with Crippen LogP contribution in [0.3, 0.4) is 0 Å². The lowest BCUT2D eigenvalue weighted by molar-refractivity contribution is 0.253. The number of aromatic nitrogens is 2. The Hall–Kier alpha value is -2.94. The maximum atomic E-state index is 14.1. The van der Waals surface area contributed by atoms with Crippen molar-refractivity contribution in [1.82, 2.24) is 25.1 Å². The van der Waals surface area contributed by atoms with E-state index in [4.69, 9.17) is 0 Å². The van der Waals surface area contributed by atoms with Crippen LogP contribution < -0.4 is 15.1 Å². The second-order valence-electron chi connectivity index (χ2n) is 8.13. The van der Waals surface area contributed by atoms with E-state index in [1.807, 2.05) is 25.2 Å². The fourth-order valence-electron chi connectivity index (χ4n) is 4.33. The van der Waals surface area contributed by atoms with Gasteiger partial charge in [-0.25, -0.2) is 14.4 Å². The van der Waals surface area contributed by atoms with Crippen molar-refractivity contribution in [3.63, 3.8) is 0 Å². The summed E-state index contributed by atoms with van der Waals surface area (Å²) in [6, 6.07) is 8.85. The first kappa shape index (κ1) is 22.3. The highest BCUT2D eigenvalue weighted by atomic mass is 19.1. The van der Waals surface area contributed by atoms with Crippen molar-refractivity contribution in [3.05, 3.63) is 48.5 Å². The van der Waals surface area contributed by atoms with Crippen LogP contribution in [0.25, 0.3) is 0 Å². The van der Waals surface area contributed by atoms with Crippen molar-refractivity contribution in [1.29, 1.82) is 0 Å². The summed E-state index contributed by atoms with van der Waals surface area (Å²) in [5, 5.41) is 3.51. The Morgan fingerprint density at radius 3 is 2.31 bits per heavy atom. The minimum atomic E-state index is -0.152. The molecule has 0 spiro atoms. The third-order valence-electron chi connectivity index (χ3n) is 6.13. The quantitative estimate of drug-likeness (QED) is 0.415. The average molecular weight is 441 g/mol. The molecule has 8 nitrogen and oxygen atoms in total. The van der Waals surface area contributed by atoms with Crippen molar-refractivity contribution in [3.8, 4) is 0 Å². The zero-order valence-corrected chi connectivity index (χ0v) is 18.8. The molecule has 1 N–H and O–H groups in total. The molecule has 1 aromatic carbocycles. The molecule has 0 unspecified atom stereocenters. The summed E-state index contributed by atoms with van der Waals surface area (Å²) in [6.07, 6.45) is 4.66.